The molecule has 8 aromatic carbocycles. The number of hydrogen-bond donors (Lipinski definition) is 0. The summed E-state index contributed by atoms with van der Waals surface area (Å²) in [4.78, 5) is 5.52. The van der Waals surface area contributed by atoms with Gasteiger partial charge in [0.05, 0.1) is 44.5 Å². The van der Waals surface area contributed by atoms with Crippen LogP contribution in [0.1, 0.15) is 0 Å². The van der Waals surface area contributed by atoms with Crippen LogP contribution < -0.4 is 0 Å². The average molecular weight is 727 g/mol. The Hall–Kier alpha value is -7.69. The summed E-state index contributed by atoms with van der Waals surface area (Å²) in [6.45, 7) is 0. The number of pyridine rings is 1. The Kier molecular flexibility index (Phi) is 6.89. The summed E-state index contributed by atoms with van der Waals surface area (Å²) < 4.78 is 7.31. The van der Waals surface area contributed by atoms with E-state index < -0.39 is 0 Å². The van der Waals surface area contributed by atoms with E-state index in [0.29, 0.717) is 0 Å². The molecule has 0 fully saturated rings. The van der Waals surface area contributed by atoms with Crippen molar-refractivity contribution >= 4 is 65.4 Å². The van der Waals surface area contributed by atoms with Crippen LogP contribution >= 0.6 is 0 Å². The van der Waals surface area contributed by atoms with Crippen molar-refractivity contribution in [3.05, 3.63) is 206 Å². The predicted molar refractivity (Wildman–Crippen MR) is 238 cm³/mol. The van der Waals surface area contributed by atoms with Gasteiger partial charge in [0.15, 0.2) is 0 Å². The van der Waals surface area contributed by atoms with E-state index in [1.54, 1.807) is 0 Å². The maximum atomic E-state index is 5.52. The molecule has 4 heterocycles. The summed E-state index contributed by atoms with van der Waals surface area (Å²) >= 11 is 0. The molecule has 0 aliphatic carbocycles. The molecular formula is C53H34N4. The molecule has 4 heteroatoms. The molecule has 0 saturated carbocycles. The Bertz CT molecular complexity index is 3350. The van der Waals surface area contributed by atoms with Crippen molar-refractivity contribution in [2.45, 2.75) is 0 Å². The third kappa shape index (κ3) is 4.77. The van der Waals surface area contributed by atoms with Gasteiger partial charge in [-0.15, -0.1) is 0 Å². The van der Waals surface area contributed by atoms with Gasteiger partial charge in [0.25, 0.3) is 0 Å². The summed E-state index contributed by atoms with van der Waals surface area (Å²) in [5.74, 6) is 0.869. The van der Waals surface area contributed by atoms with E-state index in [9.17, 15) is 0 Å². The topological polar surface area (TPSA) is 27.7 Å². The molecule has 0 N–H and O–H groups in total. The molecule has 57 heavy (non-hydrogen) atoms. The molecule has 0 radical (unpaired) electrons. The highest BCUT2D eigenvalue weighted by Gasteiger charge is 2.24. The van der Waals surface area contributed by atoms with Crippen molar-refractivity contribution < 1.29 is 0 Å². The molecule has 12 rings (SSSR count). The van der Waals surface area contributed by atoms with Crippen molar-refractivity contribution in [3.63, 3.8) is 0 Å². The van der Waals surface area contributed by atoms with Crippen molar-refractivity contribution in [3.8, 4) is 39.6 Å². The number of hydrogen-bond acceptors (Lipinski definition) is 1. The second-order valence-corrected chi connectivity index (χ2v) is 14.8. The predicted octanol–water partition coefficient (Wildman–Crippen LogP) is 13.7. The molecule has 0 unspecified atom stereocenters. The van der Waals surface area contributed by atoms with Crippen LogP contribution in [0.4, 0.5) is 0 Å². The van der Waals surface area contributed by atoms with Crippen molar-refractivity contribution in [1.29, 1.82) is 0 Å². The zero-order valence-electron chi connectivity index (χ0n) is 30.9. The molecular weight excluding hydrogens is 693 g/mol. The minimum Gasteiger partial charge on any atom is -0.309 e. The van der Waals surface area contributed by atoms with E-state index in [4.69, 9.17) is 4.98 Å². The van der Waals surface area contributed by atoms with E-state index in [2.05, 4.69) is 220 Å². The van der Waals surface area contributed by atoms with Gasteiger partial charge in [-0.3, -0.25) is 4.57 Å². The van der Waals surface area contributed by atoms with Crippen molar-refractivity contribution in [1.82, 2.24) is 18.7 Å². The third-order valence-electron chi connectivity index (χ3n) is 11.6. The quantitative estimate of drug-likeness (QED) is 0.174. The normalized spacial score (nSPS) is 11.9. The van der Waals surface area contributed by atoms with Crippen LogP contribution in [0.15, 0.2) is 206 Å². The average Bonchev–Trinajstić information content (AvgIpc) is 3.93. The van der Waals surface area contributed by atoms with Crippen LogP contribution in [0.25, 0.3) is 105 Å². The first-order chi connectivity index (χ1) is 28.3. The van der Waals surface area contributed by atoms with Crippen LogP contribution in [0.5, 0.6) is 0 Å². The summed E-state index contributed by atoms with van der Waals surface area (Å²) in [5.41, 5.74) is 13.3. The van der Waals surface area contributed by atoms with Gasteiger partial charge in [-0.25, -0.2) is 4.98 Å². The number of rotatable bonds is 5. The molecule has 266 valence electrons. The molecule has 0 bridgehead atoms. The van der Waals surface area contributed by atoms with Crippen LogP contribution in [0.3, 0.4) is 0 Å². The van der Waals surface area contributed by atoms with Gasteiger partial charge in [-0.05, 0) is 65.7 Å². The Morgan fingerprint density at radius 2 is 0.719 bits per heavy atom. The van der Waals surface area contributed by atoms with Crippen LogP contribution in [0.2, 0.25) is 0 Å². The number of fused-ring (bicyclic) bond motifs is 9. The first-order valence-electron chi connectivity index (χ1n) is 19.5. The summed E-state index contributed by atoms with van der Waals surface area (Å²) in [5, 5.41) is 7.26. The van der Waals surface area contributed by atoms with Gasteiger partial charge in [0, 0.05) is 43.6 Å². The zero-order valence-corrected chi connectivity index (χ0v) is 30.9. The Labute approximate surface area is 328 Å². The Balaban J connectivity index is 1.28. The SMILES string of the molecule is c1ccc(-c2cc(-c3ccccc3)nc(-n3c4ccccc4c4cc(-n5c6ccccc6c6ccccc65)cc(-n5c6ccccc6c6ccccc65)c43)c2)cc1. The minimum absolute atomic E-state index is 0.869. The highest BCUT2D eigenvalue weighted by molar-refractivity contribution is 6.16. The maximum Gasteiger partial charge on any atom is 0.138 e. The lowest BCUT2D eigenvalue weighted by Crippen LogP contribution is -2.05. The molecule has 0 amide bonds. The second-order valence-electron chi connectivity index (χ2n) is 14.8. The second kappa shape index (κ2) is 12.4. The fraction of sp³-hybridized carbons (Fsp3) is 0. The van der Waals surface area contributed by atoms with E-state index in [1.165, 1.54) is 38.0 Å². The molecule has 0 saturated heterocycles. The fourth-order valence-electron chi connectivity index (χ4n) is 9.17. The van der Waals surface area contributed by atoms with E-state index in [1.807, 2.05) is 0 Å². The first kappa shape index (κ1) is 31.6. The molecule has 0 aliphatic rings. The van der Waals surface area contributed by atoms with Crippen LogP contribution in [-0.4, -0.2) is 18.7 Å². The highest BCUT2D eigenvalue weighted by atomic mass is 15.1. The molecule has 0 aliphatic heterocycles. The molecule has 0 spiro atoms. The third-order valence-corrected chi connectivity index (χ3v) is 11.6. The minimum atomic E-state index is 0.869. The molecule has 4 nitrogen and oxygen atoms in total. The van der Waals surface area contributed by atoms with Gasteiger partial charge in [0.2, 0.25) is 0 Å². The van der Waals surface area contributed by atoms with Gasteiger partial charge >= 0.3 is 0 Å². The van der Waals surface area contributed by atoms with Gasteiger partial charge in [-0.2, -0.15) is 0 Å². The number of benzene rings is 8. The maximum absolute atomic E-state index is 5.52. The summed E-state index contributed by atoms with van der Waals surface area (Å²) in [6.07, 6.45) is 0. The van der Waals surface area contributed by atoms with Crippen LogP contribution in [0, 0.1) is 0 Å². The first-order valence-corrected chi connectivity index (χ1v) is 19.5. The molecule has 0 atom stereocenters. The van der Waals surface area contributed by atoms with E-state index in [0.717, 1.165) is 67.0 Å². The number of para-hydroxylation sites is 5. The Morgan fingerprint density at radius 3 is 1.25 bits per heavy atom. The largest absolute Gasteiger partial charge is 0.309 e. The number of nitrogens with zero attached hydrogens (tertiary/aromatic N) is 4. The van der Waals surface area contributed by atoms with Crippen LogP contribution in [-0.2, 0) is 0 Å². The van der Waals surface area contributed by atoms with Crippen molar-refractivity contribution in [2.24, 2.45) is 0 Å². The van der Waals surface area contributed by atoms with Gasteiger partial charge < -0.3 is 9.13 Å². The standard InChI is InChI=1S/C53H34N4/c1-3-17-35(18-4-1)37-31-45(36-19-5-2-6-20-36)54-52(32-37)57-50-30-16-11-25-43(50)44-33-38(55-46-26-12-7-21-39(46)40-22-8-13-27-47(40)55)34-51(53(44)57)56-48-28-14-9-23-41(48)42-24-10-15-29-49(42)56/h1-34H. The monoisotopic (exact) mass is 726 g/mol. The van der Waals surface area contributed by atoms with Gasteiger partial charge in [-0.1, -0.05) is 152 Å². The van der Waals surface area contributed by atoms with E-state index >= 15 is 0 Å². The lowest BCUT2D eigenvalue weighted by atomic mass is 10.0. The van der Waals surface area contributed by atoms with Crippen molar-refractivity contribution in [2.75, 3.05) is 0 Å². The summed E-state index contributed by atoms with van der Waals surface area (Å²) in [6, 6.07) is 74.4. The summed E-state index contributed by atoms with van der Waals surface area (Å²) in [7, 11) is 0. The van der Waals surface area contributed by atoms with Gasteiger partial charge in [0.1, 0.15) is 5.82 Å². The molecule has 12 aromatic rings. The zero-order chi connectivity index (χ0) is 37.5. The number of aromatic nitrogens is 4. The lowest BCUT2D eigenvalue weighted by Gasteiger charge is -2.18. The van der Waals surface area contributed by atoms with E-state index in [-0.39, 0.29) is 0 Å². The Morgan fingerprint density at radius 1 is 0.298 bits per heavy atom. The fourth-order valence-corrected chi connectivity index (χ4v) is 9.17. The smallest absolute Gasteiger partial charge is 0.138 e. The molecule has 4 aromatic heterocycles. The highest BCUT2D eigenvalue weighted by Crippen LogP contribution is 2.43. The lowest BCUT2D eigenvalue weighted by molar-refractivity contribution is 1.06.